The number of carbonyl (C=O) groups is 1. The lowest BCUT2D eigenvalue weighted by atomic mass is 10.1. The van der Waals surface area contributed by atoms with Gasteiger partial charge in [-0.25, -0.2) is 0 Å². The fourth-order valence-corrected chi connectivity index (χ4v) is 2.24. The van der Waals surface area contributed by atoms with Crippen LogP contribution in [0.4, 0.5) is 8.78 Å². The standard InChI is InChI=1S/C18H15ClF2O4/c1-2-24-16-10-11(9-14(19)17(16)23)3-8-15(22)12-4-6-13(7-5-12)25-18(20)21/h3-10,18,23H,2H2,1H3/b8-3+. The average Bonchev–Trinajstić information content (AvgIpc) is 2.57. The Morgan fingerprint density at radius 1 is 1.28 bits per heavy atom. The van der Waals surface area contributed by atoms with Gasteiger partial charge in [0, 0.05) is 5.56 Å². The number of halogens is 3. The Labute approximate surface area is 148 Å². The van der Waals surface area contributed by atoms with E-state index >= 15 is 0 Å². The van der Waals surface area contributed by atoms with Crippen LogP contribution in [0, 0.1) is 0 Å². The van der Waals surface area contributed by atoms with Crippen LogP contribution in [0.3, 0.4) is 0 Å². The Kier molecular flexibility index (Phi) is 6.36. The summed E-state index contributed by atoms with van der Waals surface area (Å²) in [6.07, 6.45) is 2.82. The molecule has 0 unspecified atom stereocenters. The largest absolute Gasteiger partial charge is 0.503 e. The fourth-order valence-electron chi connectivity index (χ4n) is 2.02. The highest BCUT2D eigenvalue weighted by Crippen LogP contribution is 2.35. The minimum absolute atomic E-state index is 0.0257. The summed E-state index contributed by atoms with van der Waals surface area (Å²) in [7, 11) is 0. The number of phenolic OH excluding ortho intramolecular Hbond substituents is 1. The molecule has 7 heteroatoms. The molecule has 4 nitrogen and oxygen atoms in total. The zero-order valence-electron chi connectivity index (χ0n) is 13.2. The third-order valence-electron chi connectivity index (χ3n) is 3.14. The maximum atomic E-state index is 12.1. The molecule has 0 amide bonds. The number of ketones is 1. The summed E-state index contributed by atoms with van der Waals surface area (Å²) in [6, 6.07) is 8.39. The van der Waals surface area contributed by atoms with Crippen LogP contribution in [0.1, 0.15) is 22.8 Å². The van der Waals surface area contributed by atoms with Crippen molar-refractivity contribution in [2.45, 2.75) is 13.5 Å². The number of benzene rings is 2. The van der Waals surface area contributed by atoms with E-state index in [2.05, 4.69) is 4.74 Å². The van der Waals surface area contributed by atoms with E-state index in [-0.39, 0.29) is 28.1 Å². The fraction of sp³-hybridized carbons (Fsp3) is 0.167. The number of allylic oxidation sites excluding steroid dienone is 1. The Morgan fingerprint density at radius 2 is 1.96 bits per heavy atom. The van der Waals surface area contributed by atoms with Crippen LogP contribution >= 0.6 is 11.6 Å². The Morgan fingerprint density at radius 3 is 2.56 bits per heavy atom. The van der Waals surface area contributed by atoms with Crippen LogP contribution in [0.25, 0.3) is 6.08 Å². The molecule has 0 bridgehead atoms. The van der Waals surface area contributed by atoms with Gasteiger partial charge >= 0.3 is 6.61 Å². The second kappa shape index (κ2) is 8.48. The molecular formula is C18H15ClF2O4. The predicted octanol–water partition coefficient (Wildman–Crippen LogP) is 4.94. The number of carbonyl (C=O) groups excluding carboxylic acids is 1. The Hall–Kier alpha value is -2.60. The van der Waals surface area contributed by atoms with E-state index in [0.29, 0.717) is 17.7 Å². The zero-order chi connectivity index (χ0) is 18.4. The third-order valence-corrected chi connectivity index (χ3v) is 3.43. The lowest BCUT2D eigenvalue weighted by molar-refractivity contribution is -0.0498. The molecule has 2 rings (SSSR count). The highest BCUT2D eigenvalue weighted by molar-refractivity contribution is 6.32. The molecule has 0 aromatic heterocycles. The van der Waals surface area contributed by atoms with Crippen molar-refractivity contribution in [1.82, 2.24) is 0 Å². The number of phenols is 1. The van der Waals surface area contributed by atoms with E-state index in [9.17, 15) is 18.7 Å². The van der Waals surface area contributed by atoms with Gasteiger partial charge in [-0.1, -0.05) is 17.7 Å². The number of hydrogen-bond acceptors (Lipinski definition) is 4. The molecule has 0 aliphatic rings. The molecule has 1 N–H and O–H groups in total. The van der Waals surface area contributed by atoms with Crippen molar-refractivity contribution in [3.05, 3.63) is 58.6 Å². The number of rotatable bonds is 7. The van der Waals surface area contributed by atoms with Crippen LogP contribution in [0.15, 0.2) is 42.5 Å². The molecule has 0 radical (unpaired) electrons. The summed E-state index contributed by atoms with van der Waals surface area (Å²) >= 11 is 5.92. The van der Waals surface area contributed by atoms with Crippen molar-refractivity contribution in [2.75, 3.05) is 6.61 Å². The van der Waals surface area contributed by atoms with Crippen molar-refractivity contribution in [3.8, 4) is 17.2 Å². The van der Waals surface area contributed by atoms with Crippen molar-refractivity contribution < 1.29 is 28.2 Å². The topological polar surface area (TPSA) is 55.8 Å². The maximum Gasteiger partial charge on any atom is 0.387 e. The lowest BCUT2D eigenvalue weighted by Gasteiger charge is -2.08. The van der Waals surface area contributed by atoms with Crippen LogP contribution in [0.5, 0.6) is 17.2 Å². The van der Waals surface area contributed by atoms with Gasteiger partial charge in [-0.3, -0.25) is 4.79 Å². The molecule has 0 aliphatic carbocycles. The second-order valence-corrected chi connectivity index (χ2v) is 5.29. The molecule has 0 atom stereocenters. The molecule has 25 heavy (non-hydrogen) atoms. The van der Waals surface area contributed by atoms with Crippen molar-refractivity contribution in [1.29, 1.82) is 0 Å². The average molecular weight is 369 g/mol. The van der Waals surface area contributed by atoms with Gasteiger partial charge in [0.25, 0.3) is 0 Å². The van der Waals surface area contributed by atoms with Gasteiger partial charge in [-0.15, -0.1) is 0 Å². The van der Waals surface area contributed by atoms with Crippen LogP contribution in [-0.4, -0.2) is 24.1 Å². The van der Waals surface area contributed by atoms with Gasteiger partial charge in [-0.05, 0) is 55.0 Å². The van der Waals surface area contributed by atoms with Crippen molar-refractivity contribution >= 4 is 23.5 Å². The van der Waals surface area contributed by atoms with Gasteiger partial charge in [0.05, 0.1) is 11.6 Å². The van der Waals surface area contributed by atoms with Crippen LogP contribution < -0.4 is 9.47 Å². The Balaban J connectivity index is 2.14. The summed E-state index contributed by atoms with van der Waals surface area (Å²) < 4.78 is 33.7. The van der Waals surface area contributed by atoms with Gasteiger partial charge < -0.3 is 14.6 Å². The molecule has 0 fully saturated rings. The van der Waals surface area contributed by atoms with Gasteiger partial charge in [-0.2, -0.15) is 8.78 Å². The number of ether oxygens (including phenoxy) is 2. The van der Waals surface area contributed by atoms with E-state index in [1.165, 1.54) is 42.5 Å². The first-order chi connectivity index (χ1) is 11.9. The molecule has 132 valence electrons. The normalized spacial score (nSPS) is 11.1. The molecule has 0 heterocycles. The van der Waals surface area contributed by atoms with Gasteiger partial charge in [0.2, 0.25) is 0 Å². The SMILES string of the molecule is CCOc1cc(/C=C/C(=O)c2ccc(OC(F)F)cc2)cc(Cl)c1O. The highest BCUT2D eigenvalue weighted by Gasteiger charge is 2.09. The van der Waals surface area contributed by atoms with E-state index in [0.717, 1.165) is 0 Å². The molecule has 2 aromatic rings. The van der Waals surface area contributed by atoms with E-state index < -0.39 is 6.61 Å². The Bertz CT molecular complexity index is 773. The lowest BCUT2D eigenvalue weighted by Crippen LogP contribution is -2.02. The van der Waals surface area contributed by atoms with Crippen LogP contribution in [-0.2, 0) is 0 Å². The summed E-state index contributed by atoms with van der Waals surface area (Å²) in [5.74, 6) is -0.301. The summed E-state index contributed by atoms with van der Waals surface area (Å²) in [5, 5.41) is 9.89. The zero-order valence-corrected chi connectivity index (χ0v) is 14.0. The number of aromatic hydroxyl groups is 1. The first kappa shape index (κ1) is 18.7. The first-order valence-electron chi connectivity index (χ1n) is 7.33. The first-order valence-corrected chi connectivity index (χ1v) is 7.71. The minimum Gasteiger partial charge on any atom is -0.503 e. The molecule has 0 spiro atoms. The molecule has 0 aliphatic heterocycles. The predicted molar refractivity (Wildman–Crippen MR) is 90.7 cm³/mol. The maximum absolute atomic E-state index is 12.1. The van der Waals surface area contributed by atoms with E-state index in [1.807, 2.05) is 0 Å². The van der Waals surface area contributed by atoms with E-state index in [1.54, 1.807) is 13.0 Å². The third kappa shape index (κ3) is 5.19. The second-order valence-electron chi connectivity index (χ2n) is 4.88. The smallest absolute Gasteiger partial charge is 0.387 e. The molecule has 2 aromatic carbocycles. The molecule has 0 saturated carbocycles. The van der Waals surface area contributed by atoms with E-state index in [4.69, 9.17) is 16.3 Å². The quantitative estimate of drug-likeness (QED) is 0.555. The minimum atomic E-state index is -2.92. The number of hydrogen-bond donors (Lipinski definition) is 1. The highest BCUT2D eigenvalue weighted by atomic mass is 35.5. The summed E-state index contributed by atoms with van der Waals surface area (Å²) in [6.45, 7) is -0.802. The molecule has 0 saturated heterocycles. The van der Waals surface area contributed by atoms with Crippen molar-refractivity contribution in [3.63, 3.8) is 0 Å². The monoisotopic (exact) mass is 368 g/mol. The summed E-state index contributed by atoms with van der Waals surface area (Å²) in [5.41, 5.74) is 0.880. The van der Waals surface area contributed by atoms with Crippen LogP contribution in [0.2, 0.25) is 5.02 Å². The van der Waals surface area contributed by atoms with Gasteiger partial charge in [0.1, 0.15) is 5.75 Å². The number of alkyl halides is 2. The van der Waals surface area contributed by atoms with Crippen molar-refractivity contribution in [2.24, 2.45) is 0 Å². The molecular weight excluding hydrogens is 354 g/mol. The van der Waals surface area contributed by atoms with Gasteiger partial charge in [0.15, 0.2) is 17.3 Å². The summed E-state index contributed by atoms with van der Waals surface area (Å²) in [4.78, 5) is 12.1.